The van der Waals surface area contributed by atoms with Crippen molar-refractivity contribution >= 4 is 22.6 Å². The Labute approximate surface area is 105 Å². The Bertz CT molecular complexity index is 665. The molecule has 0 spiro atoms. The van der Waals surface area contributed by atoms with Crippen LogP contribution in [0.5, 0.6) is 0 Å². The highest BCUT2D eigenvalue weighted by Crippen LogP contribution is 2.18. The van der Waals surface area contributed by atoms with Crippen molar-refractivity contribution in [1.82, 2.24) is 9.13 Å². The second-order valence-corrected chi connectivity index (χ2v) is 4.75. The molecule has 0 saturated heterocycles. The maximum atomic E-state index is 11.8. The third-order valence-electron chi connectivity index (χ3n) is 3.06. The van der Waals surface area contributed by atoms with Crippen molar-refractivity contribution in [2.45, 2.75) is 13.8 Å². The number of fused-ring (bicyclic) bond motifs is 1. The number of hydrogen-bond donors (Lipinski definition) is 1. The molecule has 5 nitrogen and oxygen atoms in total. The Morgan fingerprint density at radius 2 is 1.78 bits per heavy atom. The third-order valence-corrected chi connectivity index (χ3v) is 3.06. The van der Waals surface area contributed by atoms with E-state index in [1.165, 1.54) is 0 Å². The zero-order valence-corrected chi connectivity index (χ0v) is 11.0. The molecule has 5 heteroatoms. The molecular weight excluding hydrogens is 230 g/mol. The number of carbonyl (C=O) groups excluding carboxylic acids is 1. The number of nitrogens with one attached hydrogen (secondary N) is 1. The van der Waals surface area contributed by atoms with E-state index in [1.807, 2.05) is 32.0 Å². The summed E-state index contributed by atoms with van der Waals surface area (Å²) in [4.78, 5) is 23.4. The highest BCUT2D eigenvalue weighted by atomic mass is 16.2. The molecule has 0 radical (unpaired) electrons. The summed E-state index contributed by atoms with van der Waals surface area (Å²) in [5.74, 6) is -0.101. The number of hydrogen-bond acceptors (Lipinski definition) is 2. The Morgan fingerprint density at radius 1 is 1.17 bits per heavy atom. The zero-order chi connectivity index (χ0) is 13.4. The molecule has 0 fully saturated rings. The first-order valence-corrected chi connectivity index (χ1v) is 5.88. The number of aromatic nitrogens is 2. The van der Waals surface area contributed by atoms with Gasteiger partial charge in [0.25, 0.3) is 0 Å². The molecule has 0 atom stereocenters. The van der Waals surface area contributed by atoms with Crippen molar-refractivity contribution in [1.29, 1.82) is 0 Å². The van der Waals surface area contributed by atoms with Gasteiger partial charge < -0.3 is 5.32 Å². The molecule has 2 rings (SSSR count). The highest BCUT2D eigenvalue weighted by Gasteiger charge is 2.10. The van der Waals surface area contributed by atoms with Gasteiger partial charge >= 0.3 is 5.69 Å². The SMILES string of the molecule is CC(C)C(=O)Nc1ccc2c(c1)n(C)c(=O)n2C. The van der Waals surface area contributed by atoms with Crippen molar-refractivity contribution in [2.24, 2.45) is 20.0 Å². The van der Waals surface area contributed by atoms with Crippen LogP contribution in [0.25, 0.3) is 11.0 Å². The van der Waals surface area contributed by atoms with Gasteiger partial charge in [-0.05, 0) is 18.2 Å². The van der Waals surface area contributed by atoms with E-state index in [-0.39, 0.29) is 17.5 Å². The fourth-order valence-corrected chi connectivity index (χ4v) is 1.87. The van der Waals surface area contributed by atoms with Gasteiger partial charge in [0.05, 0.1) is 11.0 Å². The Kier molecular flexibility index (Phi) is 2.98. The van der Waals surface area contributed by atoms with Gasteiger partial charge in [-0.15, -0.1) is 0 Å². The van der Waals surface area contributed by atoms with Crippen molar-refractivity contribution < 1.29 is 4.79 Å². The van der Waals surface area contributed by atoms with Crippen LogP contribution in [-0.4, -0.2) is 15.0 Å². The van der Waals surface area contributed by atoms with E-state index < -0.39 is 0 Å². The second kappa shape index (κ2) is 4.33. The molecule has 0 unspecified atom stereocenters. The summed E-state index contributed by atoms with van der Waals surface area (Å²) in [5.41, 5.74) is 2.30. The van der Waals surface area contributed by atoms with E-state index in [2.05, 4.69) is 5.32 Å². The number of carbonyl (C=O) groups is 1. The monoisotopic (exact) mass is 247 g/mol. The minimum atomic E-state index is -0.0719. The maximum absolute atomic E-state index is 11.8. The van der Waals surface area contributed by atoms with Gasteiger partial charge in [0.1, 0.15) is 0 Å². The topological polar surface area (TPSA) is 56.0 Å². The predicted molar refractivity (Wildman–Crippen MR) is 71.6 cm³/mol. The van der Waals surface area contributed by atoms with E-state index >= 15 is 0 Å². The molecule has 0 aliphatic rings. The summed E-state index contributed by atoms with van der Waals surface area (Å²) in [7, 11) is 3.45. The lowest BCUT2D eigenvalue weighted by Gasteiger charge is -2.07. The molecule has 0 aliphatic heterocycles. The first-order valence-electron chi connectivity index (χ1n) is 5.88. The molecule has 1 aromatic carbocycles. The van der Waals surface area contributed by atoms with Crippen molar-refractivity contribution in [3.63, 3.8) is 0 Å². The van der Waals surface area contributed by atoms with Crippen LogP contribution in [0.15, 0.2) is 23.0 Å². The van der Waals surface area contributed by atoms with Gasteiger partial charge in [-0.3, -0.25) is 13.9 Å². The number of benzene rings is 1. The smallest absolute Gasteiger partial charge is 0.326 e. The number of anilines is 1. The fraction of sp³-hybridized carbons (Fsp3) is 0.385. The largest absolute Gasteiger partial charge is 0.328 e. The molecule has 1 N–H and O–H groups in total. The summed E-state index contributed by atoms with van der Waals surface area (Å²) < 4.78 is 3.16. The van der Waals surface area contributed by atoms with E-state index in [0.29, 0.717) is 5.69 Å². The third kappa shape index (κ3) is 1.92. The summed E-state index contributed by atoms with van der Waals surface area (Å²) in [6.07, 6.45) is 0. The lowest BCUT2D eigenvalue weighted by atomic mass is 10.2. The van der Waals surface area contributed by atoms with Crippen molar-refractivity contribution in [3.8, 4) is 0 Å². The van der Waals surface area contributed by atoms with Gasteiger partial charge in [0.15, 0.2) is 0 Å². The van der Waals surface area contributed by atoms with Crippen LogP contribution in [0, 0.1) is 5.92 Å². The molecule has 96 valence electrons. The Hall–Kier alpha value is -2.04. The lowest BCUT2D eigenvalue weighted by Crippen LogP contribution is -2.19. The van der Waals surface area contributed by atoms with Crippen molar-refractivity contribution in [2.75, 3.05) is 5.32 Å². The van der Waals surface area contributed by atoms with Crippen LogP contribution in [0.3, 0.4) is 0 Å². The van der Waals surface area contributed by atoms with Crippen LogP contribution in [0.2, 0.25) is 0 Å². The standard InChI is InChI=1S/C13H17N3O2/c1-8(2)12(17)14-9-5-6-10-11(7-9)16(4)13(18)15(10)3/h5-8H,1-4H3,(H,14,17). The Balaban J connectivity index is 2.48. The number of nitrogens with zero attached hydrogens (tertiary/aromatic N) is 2. The molecule has 18 heavy (non-hydrogen) atoms. The molecule has 0 aliphatic carbocycles. The number of imidazole rings is 1. The maximum Gasteiger partial charge on any atom is 0.328 e. The van der Waals surface area contributed by atoms with E-state index in [9.17, 15) is 9.59 Å². The zero-order valence-electron chi connectivity index (χ0n) is 11.0. The summed E-state index contributed by atoms with van der Waals surface area (Å²) in [6.45, 7) is 3.68. The number of aryl methyl sites for hydroxylation is 2. The summed E-state index contributed by atoms with van der Waals surface area (Å²) in [6, 6.07) is 5.46. The van der Waals surface area contributed by atoms with Gasteiger partial charge in [-0.1, -0.05) is 13.8 Å². The predicted octanol–water partition coefficient (Wildman–Crippen LogP) is 1.47. The molecule has 1 heterocycles. The number of rotatable bonds is 2. The van der Waals surface area contributed by atoms with Crippen LogP contribution in [0.4, 0.5) is 5.69 Å². The van der Waals surface area contributed by atoms with Gasteiger partial charge in [0.2, 0.25) is 5.91 Å². The average molecular weight is 247 g/mol. The molecule has 2 aromatic rings. The summed E-state index contributed by atoms with van der Waals surface area (Å²) in [5, 5.41) is 2.83. The van der Waals surface area contributed by atoms with Crippen molar-refractivity contribution in [3.05, 3.63) is 28.7 Å². The van der Waals surface area contributed by atoms with E-state index in [1.54, 1.807) is 23.2 Å². The van der Waals surface area contributed by atoms with Crippen LogP contribution in [0.1, 0.15) is 13.8 Å². The minimum Gasteiger partial charge on any atom is -0.326 e. The first-order chi connectivity index (χ1) is 8.41. The Morgan fingerprint density at radius 3 is 2.39 bits per heavy atom. The normalized spacial score (nSPS) is 11.2. The lowest BCUT2D eigenvalue weighted by molar-refractivity contribution is -0.118. The molecular formula is C13H17N3O2. The van der Waals surface area contributed by atoms with Gasteiger partial charge in [0, 0.05) is 25.7 Å². The van der Waals surface area contributed by atoms with Crippen LogP contribution < -0.4 is 11.0 Å². The first kappa shape index (κ1) is 12.4. The second-order valence-electron chi connectivity index (χ2n) is 4.75. The number of amides is 1. The summed E-state index contributed by atoms with van der Waals surface area (Å²) >= 11 is 0. The molecule has 1 aromatic heterocycles. The average Bonchev–Trinajstić information content (AvgIpc) is 2.54. The minimum absolute atomic E-state index is 0.0321. The highest BCUT2D eigenvalue weighted by molar-refractivity contribution is 5.94. The van der Waals surface area contributed by atoms with E-state index in [4.69, 9.17) is 0 Å². The van der Waals surface area contributed by atoms with Gasteiger partial charge in [-0.2, -0.15) is 0 Å². The molecule has 1 amide bonds. The molecule has 0 saturated carbocycles. The fourth-order valence-electron chi connectivity index (χ4n) is 1.87. The van der Waals surface area contributed by atoms with Crippen LogP contribution in [-0.2, 0) is 18.9 Å². The van der Waals surface area contributed by atoms with Gasteiger partial charge in [-0.25, -0.2) is 4.79 Å². The quantitative estimate of drug-likeness (QED) is 0.873. The van der Waals surface area contributed by atoms with Crippen LogP contribution >= 0.6 is 0 Å². The molecule has 0 bridgehead atoms. The van der Waals surface area contributed by atoms with E-state index in [0.717, 1.165) is 11.0 Å².